The topological polar surface area (TPSA) is 36.7 Å². The Morgan fingerprint density at radius 2 is 2.73 bits per heavy atom. The molecule has 1 heterocycles. The summed E-state index contributed by atoms with van der Waals surface area (Å²) < 4.78 is 0.887. The molecule has 0 amide bonds. The number of rotatable bonds is 2. The summed E-state index contributed by atoms with van der Waals surface area (Å²) in [5, 5.41) is 11.9. The summed E-state index contributed by atoms with van der Waals surface area (Å²) >= 11 is 8.30. The molecule has 0 spiro atoms. The summed E-state index contributed by atoms with van der Waals surface area (Å²) in [7, 11) is 0. The van der Waals surface area contributed by atoms with E-state index in [0.717, 1.165) is 4.34 Å². The molecule has 0 aromatic carbocycles. The molecule has 2 nitrogen and oxygen atoms in total. The standard InChI is InChI=1S/C6H3ClN2S2/c7-5(3-8)4-11-6-9-1-2-10-6/h1-2,4H/b5-4+. The van der Waals surface area contributed by atoms with Gasteiger partial charge in [-0.25, -0.2) is 4.98 Å². The zero-order chi connectivity index (χ0) is 8.10. The fourth-order valence-electron chi connectivity index (χ4n) is 0.397. The number of halogens is 1. The Morgan fingerprint density at radius 1 is 1.91 bits per heavy atom. The first-order valence-corrected chi connectivity index (χ1v) is 4.78. The van der Waals surface area contributed by atoms with Crippen LogP contribution in [-0.4, -0.2) is 4.98 Å². The van der Waals surface area contributed by atoms with E-state index in [1.165, 1.54) is 23.1 Å². The van der Waals surface area contributed by atoms with Gasteiger partial charge in [0.2, 0.25) is 0 Å². The number of aromatic nitrogens is 1. The molecule has 0 fully saturated rings. The highest BCUT2D eigenvalue weighted by Gasteiger charge is 1.93. The van der Waals surface area contributed by atoms with E-state index in [9.17, 15) is 0 Å². The molecule has 5 heteroatoms. The fraction of sp³-hybridized carbons (Fsp3) is 0. The van der Waals surface area contributed by atoms with Gasteiger partial charge < -0.3 is 0 Å². The number of hydrogen-bond acceptors (Lipinski definition) is 4. The summed E-state index contributed by atoms with van der Waals surface area (Å²) in [4.78, 5) is 3.99. The van der Waals surface area contributed by atoms with Crippen molar-refractivity contribution in [2.45, 2.75) is 4.34 Å². The van der Waals surface area contributed by atoms with E-state index < -0.39 is 0 Å². The van der Waals surface area contributed by atoms with Crippen LogP contribution < -0.4 is 0 Å². The van der Waals surface area contributed by atoms with Gasteiger partial charge in [-0.05, 0) is 0 Å². The smallest absolute Gasteiger partial charge is 0.154 e. The molecule has 0 unspecified atom stereocenters. The number of thiazole rings is 1. The maximum absolute atomic E-state index is 8.28. The molecule has 0 atom stereocenters. The van der Waals surface area contributed by atoms with Crippen LogP contribution in [-0.2, 0) is 0 Å². The van der Waals surface area contributed by atoms with Crippen LogP contribution in [0.15, 0.2) is 26.4 Å². The molecule has 0 aliphatic heterocycles. The van der Waals surface area contributed by atoms with Gasteiger partial charge in [0.15, 0.2) is 4.34 Å². The molecule has 0 aliphatic carbocycles. The quantitative estimate of drug-likeness (QED) is 0.547. The third-order valence-corrected chi connectivity index (χ3v) is 2.91. The zero-order valence-electron chi connectivity index (χ0n) is 5.32. The first-order valence-electron chi connectivity index (χ1n) is 2.65. The van der Waals surface area contributed by atoms with Crippen LogP contribution in [0.5, 0.6) is 0 Å². The molecular formula is C6H3ClN2S2. The highest BCUT2D eigenvalue weighted by atomic mass is 35.5. The molecule has 0 radical (unpaired) electrons. The fourth-order valence-corrected chi connectivity index (χ4v) is 1.80. The Morgan fingerprint density at radius 3 is 3.27 bits per heavy atom. The van der Waals surface area contributed by atoms with Gasteiger partial charge in [0, 0.05) is 17.0 Å². The van der Waals surface area contributed by atoms with E-state index in [4.69, 9.17) is 16.9 Å². The van der Waals surface area contributed by atoms with Gasteiger partial charge in [-0.3, -0.25) is 0 Å². The first kappa shape index (κ1) is 8.60. The van der Waals surface area contributed by atoms with Gasteiger partial charge in [0.05, 0.1) is 0 Å². The van der Waals surface area contributed by atoms with Gasteiger partial charge in [0.1, 0.15) is 11.1 Å². The van der Waals surface area contributed by atoms with Crippen LogP contribution >= 0.6 is 34.7 Å². The van der Waals surface area contributed by atoms with Crippen molar-refractivity contribution in [2.75, 3.05) is 0 Å². The minimum atomic E-state index is 0.185. The van der Waals surface area contributed by atoms with E-state index in [1.54, 1.807) is 11.6 Å². The Hall–Kier alpha value is -0.500. The Kier molecular flexibility index (Phi) is 3.43. The van der Waals surface area contributed by atoms with Gasteiger partial charge in [-0.15, -0.1) is 11.3 Å². The molecule has 1 aromatic heterocycles. The van der Waals surface area contributed by atoms with Crippen molar-refractivity contribution < 1.29 is 0 Å². The lowest BCUT2D eigenvalue weighted by molar-refractivity contribution is 1.26. The molecule has 56 valence electrons. The van der Waals surface area contributed by atoms with Crippen molar-refractivity contribution in [1.82, 2.24) is 4.98 Å². The summed E-state index contributed by atoms with van der Waals surface area (Å²) in [5.41, 5.74) is 0. The molecule has 0 aliphatic rings. The predicted octanol–water partition coefficient (Wildman–Crippen LogP) is 2.84. The van der Waals surface area contributed by atoms with Crippen molar-refractivity contribution in [1.29, 1.82) is 5.26 Å². The molecule has 1 rings (SSSR count). The SMILES string of the molecule is N#C/C(Cl)=C\Sc1nccs1. The van der Waals surface area contributed by atoms with Gasteiger partial charge in [-0.2, -0.15) is 5.26 Å². The normalized spacial score (nSPS) is 11.1. The lowest BCUT2D eigenvalue weighted by atomic mass is 10.7. The molecule has 0 saturated carbocycles. The minimum Gasteiger partial charge on any atom is -0.238 e. The number of allylic oxidation sites excluding steroid dienone is 1. The predicted molar refractivity (Wildman–Crippen MR) is 47.5 cm³/mol. The maximum Gasteiger partial charge on any atom is 0.154 e. The van der Waals surface area contributed by atoms with Gasteiger partial charge >= 0.3 is 0 Å². The van der Waals surface area contributed by atoms with Crippen LogP contribution in [0.1, 0.15) is 0 Å². The highest BCUT2D eigenvalue weighted by molar-refractivity contribution is 8.03. The number of thioether (sulfide) groups is 1. The van der Waals surface area contributed by atoms with Gasteiger partial charge in [0.25, 0.3) is 0 Å². The maximum atomic E-state index is 8.28. The number of nitrogens with zero attached hydrogens (tertiary/aromatic N) is 2. The number of nitriles is 1. The second kappa shape index (κ2) is 4.39. The van der Waals surface area contributed by atoms with Crippen molar-refractivity contribution in [3.8, 4) is 6.07 Å². The lowest BCUT2D eigenvalue weighted by Crippen LogP contribution is -1.62. The Labute approximate surface area is 77.5 Å². The molecule has 1 aromatic rings. The van der Waals surface area contributed by atoms with Crippen molar-refractivity contribution in [3.63, 3.8) is 0 Å². The van der Waals surface area contributed by atoms with Crippen molar-refractivity contribution in [3.05, 3.63) is 22.0 Å². The Balaban J connectivity index is 2.54. The lowest BCUT2D eigenvalue weighted by Gasteiger charge is -1.83. The van der Waals surface area contributed by atoms with E-state index in [-0.39, 0.29) is 5.03 Å². The van der Waals surface area contributed by atoms with Crippen LogP contribution in [0.4, 0.5) is 0 Å². The monoisotopic (exact) mass is 202 g/mol. The molecule has 0 bridgehead atoms. The van der Waals surface area contributed by atoms with E-state index >= 15 is 0 Å². The Bertz CT molecular complexity index is 286. The van der Waals surface area contributed by atoms with Crippen LogP contribution in [0.25, 0.3) is 0 Å². The largest absolute Gasteiger partial charge is 0.238 e. The van der Waals surface area contributed by atoms with Crippen molar-refractivity contribution >= 4 is 34.7 Å². The summed E-state index contributed by atoms with van der Waals surface area (Å²) in [6, 6.07) is 1.81. The molecule has 0 saturated heterocycles. The molecule has 11 heavy (non-hydrogen) atoms. The first-order chi connectivity index (χ1) is 5.33. The summed E-state index contributed by atoms with van der Waals surface area (Å²) in [6.07, 6.45) is 1.71. The van der Waals surface area contributed by atoms with Gasteiger partial charge in [-0.1, -0.05) is 23.4 Å². The molecule has 0 N–H and O–H groups in total. The third kappa shape index (κ3) is 2.93. The van der Waals surface area contributed by atoms with Crippen molar-refractivity contribution in [2.24, 2.45) is 0 Å². The van der Waals surface area contributed by atoms with E-state index in [1.807, 2.05) is 11.4 Å². The minimum absolute atomic E-state index is 0.185. The summed E-state index contributed by atoms with van der Waals surface area (Å²) in [5.74, 6) is 0. The summed E-state index contributed by atoms with van der Waals surface area (Å²) in [6.45, 7) is 0. The van der Waals surface area contributed by atoms with Crippen LogP contribution in [0.3, 0.4) is 0 Å². The average Bonchev–Trinajstić information content (AvgIpc) is 2.52. The highest BCUT2D eigenvalue weighted by Crippen LogP contribution is 2.23. The zero-order valence-corrected chi connectivity index (χ0v) is 7.71. The van der Waals surface area contributed by atoms with Crippen LogP contribution in [0, 0.1) is 11.3 Å². The second-order valence-electron chi connectivity index (χ2n) is 1.49. The average molecular weight is 203 g/mol. The van der Waals surface area contributed by atoms with E-state index in [2.05, 4.69) is 4.98 Å². The number of hydrogen-bond donors (Lipinski definition) is 0. The van der Waals surface area contributed by atoms with Crippen LogP contribution in [0.2, 0.25) is 0 Å². The van der Waals surface area contributed by atoms with E-state index in [0.29, 0.717) is 0 Å². The molecular weight excluding hydrogens is 200 g/mol. The second-order valence-corrected chi connectivity index (χ2v) is 3.91. The third-order valence-electron chi connectivity index (χ3n) is 0.780.